The van der Waals surface area contributed by atoms with Crippen molar-refractivity contribution in [1.29, 1.82) is 0 Å². The van der Waals surface area contributed by atoms with Crippen LogP contribution in [-0.4, -0.2) is 23.7 Å². The van der Waals surface area contributed by atoms with E-state index in [1.807, 2.05) is 36.4 Å². The zero-order valence-electron chi connectivity index (χ0n) is 12.0. The summed E-state index contributed by atoms with van der Waals surface area (Å²) in [7, 11) is 0. The molecule has 22 heavy (non-hydrogen) atoms. The Morgan fingerprint density at radius 1 is 1.09 bits per heavy atom. The Morgan fingerprint density at radius 2 is 1.82 bits per heavy atom. The van der Waals surface area contributed by atoms with Crippen LogP contribution in [-0.2, 0) is 16.0 Å². The number of benzene rings is 2. The number of hydrogen-bond acceptors (Lipinski definition) is 3. The van der Waals surface area contributed by atoms with Crippen molar-refractivity contribution in [1.82, 2.24) is 0 Å². The fourth-order valence-electron chi connectivity index (χ4n) is 2.14. The van der Waals surface area contributed by atoms with Crippen molar-refractivity contribution in [3.8, 4) is 11.1 Å². The SMILES string of the molecule is C=CC(=O)OCCc1cc(-c2ccccc2)ccc1C(=O)O. The highest BCUT2D eigenvalue weighted by atomic mass is 16.5. The van der Waals surface area contributed by atoms with Crippen LogP contribution in [0.3, 0.4) is 0 Å². The van der Waals surface area contributed by atoms with Gasteiger partial charge in [-0.3, -0.25) is 0 Å². The molecule has 0 aliphatic heterocycles. The van der Waals surface area contributed by atoms with Gasteiger partial charge in [0.2, 0.25) is 0 Å². The van der Waals surface area contributed by atoms with E-state index >= 15 is 0 Å². The Morgan fingerprint density at radius 3 is 2.45 bits per heavy atom. The van der Waals surface area contributed by atoms with E-state index < -0.39 is 11.9 Å². The summed E-state index contributed by atoms with van der Waals surface area (Å²) in [4.78, 5) is 22.4. The van der Waals surface area contributed by atoms with Gasteiger partial charge in [-0.1, -0.05) is 49.0 Å². The first-order valence-corrected chi connectivity index (χ1v) is 6.82. The summed E-state index contributed by atoms with van der Waals surface area (Å²) in [6, 6.07) is 14.9. The van der Waals surface area contributed by atoms with E-state index in [1.165, 1.54) is 0 Å². The molecule has 2 aromatic carbocycles. The van der Waals surface area contributed by atoms with Crippen molar-refractivity contribution >= 4 is 11.9 Å². The molecule has 0 bridgehead atoms. The molecule has 0 aliphatic rings. The van der Waals surface area contributed by atoms with Crippen molar-refractivity contribution in [2.24, 2.45) is 0 Å². The molecule has 0 radical (unpaired) electrons. The highest BCUT2D eigenvalue weighted by Crippen LogP contribution is 2.23. The molecular weight excluding hydrogens is 280 g/mol. The first-order valence-electron chi connectivity index (χ1n) is 6.82. The maximum absolute atomic E-state index is 11.3. The summed E-state index contributed by atoms with van der Waals surface area (Å²) in [5.41, 5.74) is 2.78. The van der Waals surface area contributed by atoms with Crippen LogP contribution in [0.15, 0.2) is 61.2 Å². The fourth-order valence-corrected chi connectivity index (χ4v) is 2.14. The van der Waals surface area contributed by atoms with Crippen molar-refractivity contribution in [3.05, 3.63) is 72.3 Å². The van der Waals surface area contributed by atoms with E-state index in [0.29, 0.717) is 12.0 Å². The van der Waals surface area contributed by atoms with E-state index in [-0.39, 0.29) is 12.2 Å². The molecule has 0 saturated heterocycles. The number of esters is 1. The maximum atomic E-state index is 11.3. The van der Waals surface area contributed by atoms with E-state index in [1.54, 1.807) is 12.1 Å². The number of carboxylic acids is 1. The lowest BCUT2D eigenvalue weighted by atomic mass is 9.97. The van der Waals surface area contributed by atoms with Gasteiger partial charge in [0.05, 0.1) is 12.2 Å². The summed E-state index contributed by atoms with van der Waals surface area (Å²) >= 11 is 0. The number of carbonyl (C=O) groups is 2. The Hall–Kier alpha value is -2.88. The zero-order chi connectivity index (χ0) is 15.9. The number of aromatic carboxylic acids is 1. The molecule has 2 aromatic rings. The summed E-state index contributed by atoms with van der Waals surface area (Å²) in [5, 5.41) is 9.26. The highest BCUT2D eigenvalue weighted by Gasteiger charge is 2.12. The Labute approximate surface area is 128 Å². The molecule has 0 aromatic heterocycles. The van der Waals surface area contributed by atoms with E-state index in [4.69, 9.17) is 4.74 Å². The Balaban J connectivity index is 2.26. The zero-order valence-corrected chi connectivity index (χ0v) is 12.0. The molecule has 4 nitrogen and oxygen atoms in total. The van der Waals surface area contributed by atoms with Crippen LogP contribution in [0.4, 0.5) is 0 Å². The van der Waals surface area contributed by atoms with Gasteiger partial charge in [-0.15, -0.1) is 0 Å². The minimum Gasteiger partial charge on any atom is -0.478 e. The third kappa shape index (κ3) is 3.82. The minimum absolute atomic E-state index is 0.114. The smallest absolute Gasteiger partial charge is 0.335 e. The number of rotatable bonds is 6. The molecule has 4 heteroatoms. The van der Waals surface area contributed by atoms with Crippen molar-refractivity contribution < 1.29 is 19.4 Å². The lowest BCUT2D eigenvalue weighted by molar-refractivity contribution is -0.137. The summed E-state index contributed by atoms with van der Waals surface area (Å²) in [5.74, 6) is -1.51. The van der Waals surface area contributed by atoms with Gasteiger partial charge in [0.15, 0.2) is 0 Å². The number of carboxylic acid groups (broad SMARTS) is 1. The fraction of sp³-hybridized carbons (Fsp3) is 0.111. The van der Waals surface area contributed by atoms with Crippen LogP contribution < -0.4 is 0 Å². The summed E-state index contributed by atoms with van der Waals surface area (Å²) in [6.45, 7) is 3.43. The van der Waals surface area contributed by atoms with Crippen molar-refractivity contribution in [2.45, 2.75) is 6.42 Å². The molecular formula is C18H16O4. The van der Waals surface area contributed by atoms with Crippen LogP contribution in [0.25, 0.3) is 11.1 Å². The van der Waals surface area contributed by atoms with Gasteiger partial charge in [-0.25, -0.2) is 9.59 Å². The molecule has 2 rings (SSSR count). The third-order valence-electron chi connectivity index (χ3n) is 3.23. The van der Waals surface area contributed by atoms with Gasteiger partial charge in [0.1, 0.15) is 0 Å². The van der Waals surface area contributed by atoms with Crippen LogP contribution in [0.2, 0.25) is 0 Å². The van der Waals surface area contributed by atoms with E-state index in [2.05, 4.69) is 6.58 Å². The lowest BCUT2D eigenvalue weighted by Crippen LogP contribution is -2.08. The quantitative estimate of drug-likeness (QED) is 0.656. The molecule has 0 amide bonds. The van der Waals surface area contributed by atoms with Gasteiger partial charge in [-0.05, 0) is 22.8 Å². The van der Waals surface area contributed by atoms with E-state index in [0.717, 1.165) is 17.2 Å². The van der Waals surface area contributed by atoms with Gasteiger partial charge < -0.3 is 9.84 Å². The standard InChI is InChI=1S/C18H16O4/c1-2-17(19)22-11-10-15-12-14(8-9-16(15)18(20)21)13-6-4-3-5-7-13/h2-9,12H,1,10-11H2,(H,20,21). The van der Waals surface area contributed by atoms with E-state index in [9.17, 15) is 14.7 Å². The van der Waals surface area contributed by atoms with Crippen LogP contribution in [0.5, 0.6) is 0 Å². The predicted molar refractivity (Wildman–Crippen MR) is 83.7 cm³/mol. The molecule has 0 saturated carbocycles. The Kier molecular flexibility index (Phi) is 5.09. The molecule has 0 atom stereocenters. The average molecular weight is 296 g/mol. The van der Waals surface area contributed by atoms with Gasteiger partial charge >= 0.3 is 11.9 Å². The number of hydrogen-bond donors (Lipinski definition) is 1. The van der Waals surface area contributed by atoms with Crippen LogP contribution in [0.1, 0.15) is 15.9 Å². The molecule has 1 N–H and O–H groups in total. The summed E-state index contributed by atoms with van der Waals surface area (Å²) in [6.07, 6.45) is 1.42. The van der Waals surface area contributed by atoms with Crippen molar-refractivity contribution in [2.75, 3.05) is 6.61 Å². The molecule has 0 unspecified atom stereocenters. The summed E-state index contributed by atoms with van der Waals surface area (Å²) < 4.78 is 4.93. The first kappa shape index (κ1) is 15.5. The second kappa shape index (κ2) is 7.22. The monoisotopic (exact) mass is 296 g/mol. The first-order chi connectivity index (χ1) is 10.6. The topological polar surface area (TPSA) is 63.6 Å². The molecule has 0 aliphatic carbocycles. The largest absolute Gasteiger partial charge is 0.478 e. The minimum atomic E-state index is -0.996. The lowest BCUT2D eigenvalue weighted by Gasteiger charge is -2.10. The molecule has 0 spiro atoms. The molecule has 112 valence electrons. The second-order valence-corrected chi connectivity index (χ2v) is 4.66. The molecule has 0 heterocycles. The van der Waals surface area contributed by atoms with Crippen LogP contribution >= 0.6 is 0 Å². The van der Waals surface area contributed by atoms with Gasteiger partial charge in [0, 0.05) is 12.5 Å². The normalized spacial score (nSPS) is 10.0. The number of carbonyl (C=O) groups excluding carboxylic acids is 1. The predicted octanol–water partition coefficient (Wildman–Crippen LogP) is 3.32. The Bertz CT molecular complexity index is 689. The van der Waals surface area contributed by atoms with Gasteiger partial charge in [-0.2, -0.15) is 0 Å². The van der Waals surface area contributed by atoms with Crippen molar-refractivity contribution in [3.63, 3.8) is 0 Å². The highest BCUT2D eigenvalue weighted by molar-refractivity contribution is 5.90. The molecule has 0 fully saturated rings. The second-order valence-electron chi connectivity index (χ2n) is 4.66. The average Bonchev–Trinajstić information content (AvgIpc) is 2.55. The van der Waals surface area contributed by atoms with Gasteiger partial charge in [0.25, 0.3) is 0 Å². The maximum Gasteiger partial charge on any atom is 0.335 e. The number of ether oxygens (including phenoxy) is 1. The third-order valence-corrected chi connectivity index (χ3v) is 3.23. The van der Waals surface area contributed by atoms with Crippen LogP contribution in [0, 0.1) is 0 Å².